The van der Waals surface area contributed by atoms with Crippen LogP contribution >= 0.6 is 0 Å². The molecule has 0 aromatic heterocycles. The van der Waals surface area contributed by atoms with Crippen molar-refractivity contribution in [1.82, 2.24) is 8.61 Å². The predicted molar refractivity (Wildman–Crippen MR) is 79.0 cm³/mol. The number of rotatable bonds is 3. The first-order valence-electron chi connectivity index (χ1n) is 8.12. The quantitative estimate of drug-likeness (QED) is 0.788. The summed E-state index contributed by atoms with van der Waals surface area (Å²) >= 11 is 0. The zero-order chi connectivity index (χ0) is 14.9. The molecule has 2 atom stereocenters. The SMILES string of the molecule is CC1CCCCN1S(=O)(=O)N1CCCCC1C1OCCO1. The van der Waals surface area contributed by atoms with Gasteiger partial charge >= 0.3 is 0 Å². The highest BCUT2D eigenvalue weighted by Gasteiger charge is 2.43. The largest absolute Gasteiger partial charge is 0.349 e. The van der Waals surface area contributed by atoms with Gasteiger partial charge in [0.1, 0.15) is 0 Å². The molecule has 0 aromatic carbocycles. The standard InChI is InChI=1S/C14H26N2O4S/c1-12-6-2-4-8-15(12)21(17,18)16-9-5-3-7-13(16)14-19-10-11-20-14/h12-14H,2-11H2,1H3. The fraction of sp³-hybridized carbons (Fsp3) is 1.00. The number of ether oxygens (including phenoxy) is 2. The summed E-state index contributed by atoms with van der Waals surface area (Å²) in [6, 6.07) is -0.0721. The lowest BCUT2D eigenvalue weighted by Gasteiger charge is -2.42. The van der Waals surface area contributed by atoms with Crippen molar-refractivity contribution in [1.29, 1.82) is 0 Å². The lowest BCUT2D eigenvalue weighted by atomic mass is 10.0. The average Bonchev–Trinajstić information content (AvgIpc) is 3.01. The summed E-state index contributed by atoms with van der Waals surface area (Å²) in [5.74, 6) is 0. The van der Waals surface area contributed by atoms with Crippen LogP contribution in [0.5, 0.6) is 0 Å². The first-order valence-corrected chi connectivity index (χ1v) is 9.52. The molecular weight excluding hydrogens is 292 g/mol. The minimum absolute atomic E-state index is 0.0942. The summed E-state index contributed by atoms with van der Waals surface area (Å²) in [5.41, 5.74) is 0. The van der Waals surface area contributed by atoms with Gasteiger partial charge in [-0.15, -0.1) is 0 Å². The minimum Gasteiger partial charge on any atom is -0.349 e. The summed E-state index contributed by atoms with van der Waals surface area (Å²) < 4.78 is 40.6. The third-order valence-corrected chi connectivity index (χ3v) is 6.98. The van der Waals surface area contributed by atoms with Crippen LogP contribution in [-0.4, -0.2) is 61.7 Å². The molecule has 0 radical (unpaired) electrons. The molecule has 0 aliphatic carbocycles. The smallest absolute Gasteiger partial charge is 0.282 e. The first kappa shape index (κ1) is 15.7. The molecule has 3 heterocycles. The Morgan fingerprint density at radius 3 is 2.19 bits per heavy atom. The Kier molecular flexibility index (Phi) is 4.85. The van der Waals surface area contributed by atoms with E-state index in [-0.39, 0.29) is 18.4 Å². The molecule has 3 saturated heterocycles. The monoisotopic (exact) mass is 318 g/mol. The Bertz CT molecular complexity index is 450. The van der Waals surface area contributed by atoms with Crippen molar-refractivity contribution in [3.63, 3.8) is 0 Å². The van der Waals surface area contributed by atoms with E-state index in [4.69, 9.17) is 9.47 Å². The molecule has 7 heteroatoms. The summed E-state index contributed by atoms with van der Waals surface area (Å²) in [4.78, 5) is 0. The maximum atomic E-state index is 13.1. The fourth-order valence-electron chi connectivity index (χ4n) is 3.64. The van der Waals surface area contributed by atoms with Gasteiger partial charge in [-0.3, -0.25) is 0 Å². The molecule has 0 spiro atoms. The van der Waals surface area contributed by atoms with Crippen LogP contribution in [0.2, 0.25) is 0 Å². The van der Waals surface area contributed by atoms with Crippen molar-refractivity contribution in [3.05, 3.63) is 0 Å². The van der Waals surface area contributed by atoms with Crippen LogP contribution in [0.25, 0.3) is 0 Å². The van der Waals surface area contributed by atoms with E-state index in [0.29, 0.717) is 26.3 Å². The second-order valence-electron chi connectivity index (χ2n) is 6.25. The Balaban J connectivity index is 1.80. The lowest BCUT2D eigenvalue weighted by Crippen LogP contribution is -2.57. The van der Waals surface area contributed by atoms with Crippen LogP contribution in [0, 0.1) is 0 Å². The van der Waals surface area contributed by atoms with Gasteiger partial charge in [0, 0.05) is 19.1 Å². The molecule has 0 bridgehead atoms. The normalized spacial score (nSPS) is 34.3. The maximum Gasteiger partial charge on any atom is 0.282 e. The molecule has 3 rings (SSSR count). The second-order valence-corrected chi connectivity index (χ2v) is 8.08. The Labute approximate surface area is 127 Å². The third-order valence-electron chi connectivity index (χ3n) is 4.79. The van der Waals surface area contributed by atoms with Gasteiger partial charge in [-0.05, 0) is 32.6 Å². The summed E-state index contributed by atoms with van der Waals surface area (Å²) in [5, 5.41) is 0. The van der Waals surface area contributed by atoms with E-state index in [0.717, 1.165) is 38.5 Å². The fourth-order valence-corrected chi connectivity index (χ4v) is 5.73. The van der Waals surface area contributed by atoms with Crippen molar-refractivity contribution in [2.24, 2.45) is 0 Å². The average molecular weight is 318 g/mol. The molecule has 0 amide bonds. The van der Waals surface area contributed by atoms with Crippen LogP contribution in [-0.2, 0) is 19.7 Å². The summed E-state index contributed by atoms with van der Waals surface area (Å²) in [6.07, 6.45) is 5.42. The number of hydrogen-bond donors (Lipinski definition) is 0. The van der Waals surface area contributed by atoms with Gasteiger partial charge in [-0.1, -0.05) is 12.8 Å². The lowest BCUT2D eigenvalue weighted by molar-refractivity contribution is -0.0924. The Hall–Kier alpha value is -0.210. The van der Waals surface area contributed by atoms with Crippen LogP contribution in [0.15, 0.2) is 0 Å². The number of hydrogen-bond acceptors (Lipinski definition) is 4. The van der Waals surface area contributed by atoms with E-state index in [9.17, 15) is 8.42 Å². The van der Waals surface area contributed by atoms with Crippen LogP contribution in [0.1, 0.15) is 45.4 Å². The van der Waals surface area contributed by atoms with Gasteiger partial charge in [-0.25, -0.2) is 0 Å². The number of nitrogens with zero attached hydrogens (tertiary/aromatic N) is 2. The Morgan fingerprint density at radius 2 is 1.52 bits per heavy atom. The summed E-state index contributed by atoms with van der Waals surface area (Å²) in [7, 11) is -3.41. The van der Waals surface area contributed by atoms with Gasteiger partial charge in [-0.2, -0.15) is 17.0 Å². The molecule has 21 heavy (non-hydrogen) atoms. The molecule has 3 aliphatic rings. The van der Waals surface area contributed by atoms with Gasteiger partial charge in [0.25, 0.3) is 10.2 Å². The number of piperidine rings is 2. The minimum atomic E-state index is -3.41. The van der Waals surface area contributed by atoms with E-state index < -0.39 is 10.2 Å². The molecule has 3 aliphatic heterocycles. The molecule has 0 N–H and O–H groups in total. The predicted octanol–water partition coefficient (Wildman–Crippen LogP) is 1.33. The maximum absolute atomic E-state index is 13.1. The topological polar surface area (TPSA) is 59.1 Å². The zero-order valence-electron chi connectivity index (χ0n) is 12.7. The van der Waals surface area contributed by atoms with E-state index in [1.165, 1.54) is 0 Å². The van der Waals surface area contributed by atoms with Gasteiger partial charge in [0.05, 0.1) is 19.3 Å². The van der Waals surface area contributed by atoms with Crippen LogP contribution in [0.4, 0.5) is 0 Å². The third kappa shape index (κ3) is 3.12. The van der Waals surface area contributed by atoms with Crippen molar-refractivity contribution in [2.75, 3.05) is 26.3 Å². The molecule has 0 aromatic rings. The van der Waals surface area contributed by atoms with E-state index in [2.05, 4.69) is 0 Å². The zero-order valence-corrected chi connectivity index (χ0v) is 13.6. The van der Waals surface area contributed by atoms with Gasteiger partial charge in [0.15, 0.2) is 6.29 Å². The van der Waals surface area contributed by atoms with Crippen molar-refractivity contribution >= 4 is 10.2 Å². The van der Waals surface area contributed by atoms with Crippen molar-refractivity contribution < 1.29 is 17.9 Å². The Morgan fingerprint density at radius 1 is 0.905 bits per heavy atom. The van der Waals surface area contributed by atoms with Gasteiger partial charge in [0.2, 0.25) is 0 Å². The van der Waals surface area contributed by atoms with Crippen molar-refractivity contribution in [3.8, 4) is 0 Å². The summed E-state index contributed by atoms with van der Waals surface area (Å²) in [6.45, 7) is 4.36. The first-order chi connectivity index (χ1) is 10.1. The molecule has 6 nitrogen and oxygen atoms in total. The van der Waals surface area contributed by atoms with E-state index >= 15 is 0 Å². The molecular formula is C14H26N2O4S. The molecule has 0 saturated carbocycles. The highest BCUT2D eigenvalue weighted by molar-refractivity contribution is 7.86. The molecule has 2 unspecified atom stereocenters. The van der Waals surface area contributed by atoms with Crippen molar-refractivity contribution in [2.45, 2.75) is 63.8 Å². The molecule has 3 fully saturated rings. The van der Waals surface area contributed by atoms with E-state index in [1.807, 2.05) is 6.92 Å². The van der Waals surface area contributed by atoms with Gasteiger partial charge < -0.3 is 9.47 Å². The molecule has 122 valence electrons. The highest BCUT2D eigenvalue weighted by Crippen LogP contribution is 2.30. The van der Waals surface area contributed by atoms with E-state index in [1.54, 1.807) is 8.61 Å². The van der Waals surface area contributed by atoms with Crippen LogP contribution in [0.3, 0.4) is 0 Å². The highest BCUT2D eigenvalue weighted by atomic mass is 32.2. The second kappa shape index (κ2) is 6.50. The van der Waals surface area contributed by atoms with Crippen LogP contribution < -0.4 is 0 Å².